The molecule has 5 nitrogen and oxygen atoms in total. The Morgan fingerprint density at radius 2 is 2.07 bits per heavy atom. The molecule has 1 saturated carbocycles. The minimum atomic E-state index is -0.444. The van der Waals surface area contributed by atoms with Crippen LogP contribution in [0.1, 0.15) is 61.9 Å². The van der Waals surface area contributed by atoms with Crippen LogP contribution in [-0.2, 0) is 29.8 Å². The topological polar surface area (TPSA) is 71.8 Å². The van der Waals surface area contributed by atoms with E-state index in [1.54, 1.807) is 11.3 Å². The molecule has 2 aliphatic rings. The van der Waals surface area contributed by atoms with Gasteiger partial charge in [0, 0.05) is 17.7 Å². The van der Waals surface area contributed by atoms with Gasteiger partial charge in [-0.05, 0) is 61.8 Å². The fourth-order valence-corrected chi connectivity index (χ4v) is 6.04. The van der Waals surface area contributed by atoms with Gasteiger partial charge in [-0.15, -0.1) is 11.3 Å². The number of aromatic nitrogens is 1. The number of aryl methyl sites for hydroxylation is 2. The normalized spacial score (nSPS) is 31.0. The van der Waals surface area contributed by atoms with Crippen molar-refractivity contribution >= 4 is 11.3 Å². The van der Waals surface area contributed by atoms with Gasteiger partial charge in [0.15, 0.2) is 0 Å². The van der Waals surface area contributed by atoms with Crippen molar-refractivity contribution in [3.05, 3.63) is 45.4 Å². The summed E-state index contributed by atoms with van der Waals surface area (Å²) in [6.07, 6.45) is 4.12. The van der Waals surface area contributed by atoms with Gasteiger partial charge < -0.3 is 19.7 Å². The van der Waals surface area contributed by atoms with Crippen molar-refractivity contribution in [2.75, 3.05) is 6.61 Å². The van der Waals surface area contributed by atoms with Crippen LogP contribution in [0, 0.1) is 11.8 Å². The third-order valence-corrected chi connectivity index (χ3v) is 8.05. The predicted molar refractivity (Wildman–Crippen MR) is 118 cm³/mol. The molecule has 1 aromatic heterocycles. The molecule has 5 atom stereocenters. The largest absolute Gasteiger partial charge is 0.493 e. The Labute approximate surface area is 183 Å². The standard InChI is InChI=1S/C24H33NO4S/c1-4-15-6-7-18(10-16(15)5-2)28-13-20-19-8-9-24(3,29-22(19)11-21(20)27)23-25-17(12-26)14-30-23/h6-7,10,14,19-22,26-27H,4-5,8-9,11-13H2,1-3H3/t19-,20-,21+,22+,24-/m1/s1. The number of aliphatic hydroxyl groups excluding tert-OH is 2. The fourth-order valence-electron chi connectivity index (χ4n) is 5.09. The smallest absolute Gasteiger partial charge is 0.125 e. The van der Waals surface area contributed by atoms with E-state index in [4.69, 9.17) is 9.47 Å². The van der Waals surface area contributed by atoms with E-state index in [0.29, 0.717) is 24.6 Å². The molecule has 1 saturated heterocycles. The van der Waals surface area contributed by atoms with Gasteiger partial charge in [0.05, 0.1) is 31.1 Å². The molecule has 164 valence electrons. The highest BCUT2D eigenvalue weighted by Gasteiger charge is 2.50. The number of benzene rings is 1. The lowest BCUT2D eigenvalue weighted by Crippen LogP contribution is -2.41. The molecule has 30 heavy (non-hydrogen) atoms. The van der Waals surface area contributed by atoms with Crippen molar-refractivity contribution in [1.82, 2.24) is 4.98 Å². The summed E-state index contributed by atoms with van der Waals surface area (Å²) >= 11 is 1.55. The van der Waals surface area contributed by atoms with Gasteiger partial charge in [-0.25, -0.2) is 4.98 Å². The number of aliphatic hydroxyl groups is 2. The zero-order chi connectivity index (χ0) is 21.3. The molecule has 0 radical (unpaired) electrons. The molecule has 1 aromatic carbocycles. The molecule has 0 unspecified atom stereocenters. The lowest BCUT2D eigenvalue weighted by atomic mass is 9.83. The molecule has 1 aliphatic heterocycles. The average molecular weight is 432 g/mol. The number of nitrogens with zero attached hydrogens (tertiary/aromatic N) is 1. The summed E-state index contributed by atoms with van der Waals surface area (Å²) in [5.74, 6) is 1.27. The van der Waals surface area contributed by atoms with E-state index in [9.17, 15) is 10.2 Å². The molecular formula is C24H33NO4S. The van der Waals surface area contributed by atoms with Crippen LogP contribution in [0.2, 0.25) is 0 Å². The molecule has 0 bridgehead atoms. The Morgan fingerprint density at radius 3 is 2.77 bits per heavy atom. The average Bonchev–Trinajstić information content (AvgIpc) is 3.36. The highest BCUT2D eigenvalue weighted by molar-refractivity contribution is 7.09. The highest BCUT2D eigenvalue weighted by atomic mass is 32.1. The van der Waals surface area contributed by atoms with Crippen LogP contribution < -0.4 is 4.74 Å². The maximum absolute atomic E-state index is 10.8. The molecule has 2 heterocycles. The third-order valence-electron chi connectivity index (χ3n) is 6.91. The highest BCUT2D eigenvalue weighted by Crippen LogP contribution is 2.48. The van der Waals surface area contributed by atoms with Gasteiger partial charge >= 0.3 is 0 Å². The first-order valence-electron chi connectivity index (χ1n) is 11.1. The van der Waals surface area contributed by atoms with E-state index < -0.39 is 11.7 Å². The number of hydrogen-bond donors (Lipinski definition) is 2. The summed E-state index contributed by atoms with van der Waals surface area (Å²) in [5.41, 5.74) is 2.96. The maximum atomic E-state index is 10.8. The zero-order valence-electron chi connectivity index (χ0n) is 18.1. The first kappa shape index (κ1) is 21.8. The molecule has 4 rings (SSSR count). The second-order valence-corrected chi connectivity index (χ2v) is 9.67. The van der Waals surface area contributed by atoms with Gasteiger partial charge in [0.1, 0.15) is 16.4 Å². The summed E-state index contributed by atoms with van der Waals surface area (Å²) in [4.78, 5) is 4.54. The van der Waals surface area contributed by atoms with Crippen LogP contribution in [-0.4, -0.2) is 34.0 Å². The van der Waals surface area contributed by atoms with Crippen molar-refractivity contribution in [3.63, 3.8) is 0 Å². The fraction of sp³-hybridized carbons (Fsp3) is 0.625. The Bertz CT molecular complexity index is 869. The number of fused-ring (bicyclic) bond motifs is 1. The summed E-state index contributed by atoms with van der Waals surface area (Å²) in [6.45, 7) is 6.91. The lowest BCUT2D eigenvalue weighted by Gasteiger charge is -2.40. The molecule has 1 aliphatic carbocycles. The van der Waals surface area contributed by atoms with E-state index in [2.05, 4.69) is 37.9 Å². The Balaban J connectivity index is 1.41. The predicted octanol–water partition coefficient (Wildman–Crippen LogP) is 4.23. The monoisotopic (exact) mass is 431 g/mol. The van der Waals surface area contributed by atoms with Crippen LogP contribution in [0.25, 0.3) is 0 Å². The van der Waals surface area contributed by atoms with E-state index in [-0.39, 0.29) is 18.6 Å². The summed E-state index contributed by atoms with van der Waals surface area (Å²) < 4.78 is 12.7. The van der Waals surface area contributed by atoms with Crippen LogP contribution in [0.15, 0.2) is 23.6 Å². The zero-order valence-corrected chi connectivity index (χ0v) is 19.0. The van der Waals surface area contributed by atoms with Crippen LogP contribution in [0.3, 0.4) is 0 Å². The first-order valence-corrected chi connectivity index (χ1v) is 12.0. The van der Waals surface area contributed by atoms with Gasteiger partial charge in [-0.2, -0.15) is 0 Å². The minimum absolute atomic E-state index is 0.0162. The lowest BCUT2D eigenvalue weighted by molar-refractivity contribution is -0.145. The number of thiazole rings is 1. The summed E-state index contributed by atoms with van der Waals surface area (Å²) in [7, 11) is 0. The van der Waals surface area contributed by atoms with Gasteiger partial charge in [-0.3, -0.25) is 0 Å². The molecule has 2 fully saturated rings. The Morgan fingerprint density at radius 1 is 1.27 bits per heavy atom. The van der Waals surface area contributed by atoms with E-state index in [1.807, 2.05) is 11.4 Å². The quantitative estimate of drug-likeness (QED) is 0.686. The second-order valence-electron chi connectivity index (χ2n) is 8.81. The summed E-state index contributed by atoms with van der Waals surface area (Å²) in [6, 6.07) is 6.35. The van der Waals surface area contributed by atoms with Crippen LogP contribution in [0.4, 0.5) is 0 Å². The minimum Gasteiger partial charge on any atom is -0.493 e. The molecular weight excluding hydrogens is 398 g/mol. The van der Waals surface area contributed by atoms with Crippen molar-refractivity contribution in [1.29, 1.82) is 0 Å². The number of ether oxygens (including phenoxy) is 2. The Kier molecular flexibility index (Phi) is 6.49. The molecule has 2 aromatic rings. The van der Waals surface area contributed by atoms with Crippen molar-refractivity contribution in [3.8, 4) is 5.75 Å². The van der Waals surface area contributed by atoms with Crippen molar-refractivity contribution in [2.45, 2.75) is 77.3 Å². The van der Waals surface area contributed by atoms with Crippen molar-refractivity contribution in [2.24, 2.45) is 11.8 Å². The van der Waals surface area contributed by atoms with Gasteiger partial charge in [-0.1, -0.05) is 19.9 Å². The number of hydrogen-bond acceptors (Lipinski definition) is 6. The number of rotatable bonds is 7. The van der Waals surface area contributed by atoms with Gasteiger partial charge in [0.2, 0.25) is 0 Å². The third kappa shape index (κ3) is 4.15. The van der Waals surface area contributed by atoms with E-state index >= 15 is 0 Å². The Hall–Kier alpha value is -1.47. The molecule has 6 heteroatoms. The van der Waals surface area contributed by atoms with Crippen LogP contribution >= 0.6 is 11.3 Å². The van der Waals surface area contributed by atoms with Crippen molar-refractivity contribution < 1.29 is 19.7 Å². The first-order chi connectivity index (χ1) is 14.5. The molecule has 0 amide bonds. The molecule has 0 spiro atoms. The second kappa shape index (κ2) is 8.95. The van der Waals surface area contributed by atoms with E-state index in [0.717, 1.165) is 36.4 Å². The van der Waals surface area contributed by atoms with E-state index in [1.165, 1.54) is 11.1 Å². The van der Waals surface area contributed by atoms with Crippen LogP contribution in [0.5, 0.6) is 5.75 Å². The molecule has 2 N–H and O–H groups in total. The maximum Gasteiger partial charge on any atom is 0.125 e. The van der Waals surface area contributed by atoms with Gasteiger partial charge in [0.25, 0.3) is 0 Å². The SMILES string of the molecule is CCc1ccc(OC[C@@H]2[C@H]3CC[C@](C)(c4nc(CO)cs4)O[C@H]3C[C@@H]2O)cc1CC. The summed E-state index contributed by atoms with van der Waals surface area (Å²) in [5, 5.41) is 22.9.